The molecule has 0 saturated heterocycles. The SMILES string of the molecule is CCNCCN(C)CCNCCN(C)CC. The summed E-state index contributed by atoms with van der Waals surface area (Å²) in [6, 6.07) is 0. The highest BCUT2D eigenvalue weighted by atomic mass is 15.1. The van der Waals surface area contributed by atoms with Gasteiger partial charge in [0.15, 0.2) is 0 Å². The maximum atomic E-state index is 3.47. The quantitative estimate of drug-likeness (QED) is 0.492. The first-order valence-corrected chi connectivity index (χ1v) is 6.49. The minimum atomic E-state index is 1.06. The third kappa shape index (κ3) is 10.4. The highest BCUT2D eigenvalue weighted by Crippen LogP contribution is 1.80. The summed E-state index contributed by atoms with van der Waals surface area (Å²) in [7, 11) is 4.33. The molecule has 0 radical (unpaired) electrons. The highest BCUT2D eigenvalue weighted by Gasteiger charge is 1.97. The van der Waals surface area contributed by atoms with E-state index in [1.165, 1.54) is 0 Å². The van der Waals surface area contributed by atoms with Crippen LogP contribution in [0.3, 0.4) is 0 Å². The van der Waals surface area contributed by atoms with Crippen LogP contribution in [0.5, 0.6) is 0 Å². The van der Waals surface area contributed by atoms with Gasteiger partial charge in [0.1, 0.15) is 0 Å². The standard InChI is InChI=1S/C12H30N4/c1-5-13-7-11-16(4)12-9-14-8-10-15(3)6-2/h13-14H,5-12H2,1-4H3. The van der Waals surface area contributed by atoms with E-state index in [0.29, 0.717) is 0 Å². The Balaban J connectivity index is 3.17. The lowest BCUT2D eigenvalue weighted by Crippen LogP contribution is -2.36. The van der Waals surface area contributed by atoms with Crippen molar-refractivity contribution >= 4 is 0 Å². The van der Waals surface area contributed by atoms with Crippen molar-refractivity contribution in [3.05, 3.63) is 0 Å². The Morgan fingerprint density at radius 1 is 0.750 bits per heavy atom. The fraction of sp³-hybridized carbons (Fsp3) is 1.00. The van der Waals surface area contributed by atoms with Gasteiger partial charge in [0.25, 0.3) is 0 Å². The van der Waals surface area contributed by atoms with Gasteiger partial charge in [0.2, 0.25) is 0 Å². The van der Waals surface area contributed by atoms with E-state index in [4.69, 9.17) is 0 Å². The first kappa shape index (κ1) is 15.8. The minimum absolute atomic E-state index is 1.06. The molecule has 0 unspecified atom stereocenters. The van der Waals surface area contributed by atoms with E-state index in [-0.39, 0.29) is 0 Å². The van der Waals surface area contributed by atoms with Crippen molar-refractivity contribution in [2.24, 2.45) is 0 Å². The number of hydrogen-bond acceptors (Lipinski definition) is 4. The third-order valence-corrected chi connectivity index (χ3v) is 2.80. The van der Waals surface area contributed by atoms with Gasteiger partial charge >= 0.3 is 0 Å². The van der Waals surface area contributed by atoms with Crippen molar-refractivity contribution in [1.82, 2.24) is 20.4 Å². The fourth-order valence-electron chi connectivity index (χ4n) is 1.38. The van der Waals surface area contributed by atoms with Crippen LogP contribution in [0.2, 0.25) is 0 Å². The molecular weight excluding hydrogens is 200 g/mol. The molecule has 2 N–H and O–H groups in total. The Bertz CT molecular complexity index is 141. The van der Waals surface area contributed by atoms with Gasteiger partial charge < -0.3 is 20.4 Å². The lowest BCUT2D eigenvalue weighted by Gasteiger charge is -2.18. The van der Waals surface area contributed by atoms with Crippen LogP contribution >= 0.6 is 0 Å². The van der Waals surface area contributed by atoms with Crippen LogP contribution in [0.25, 0.3) is 0 Å². The molecule has 0 fully saturated rings. The van der Waals surface area contributed by atoms with Gasteiger partial charge in [-0.25, -0.2) is 0 Å². The molecule has 0 aromatic rings. The molecule has 0 heterocycles. The molecule has 0 aliphatic heterocycles. The summed E-state index contributed by atoms with van der Waals surface area (Å²) in [5.41, 5.74) is 0. The number of rotatable bonds is 11. The molecule has 16 heavy (non-hydrogen) atoms. The van der Waals surface area contributed by atoms with Crippen molar-refractivity contribution in [2.45, 2.75) is 13.8 Å². The number of likely N-dealkylation sites (N-methyl/N-ethyl adjacent to an activating group) is 3. The predicted octanol–water partition coefficient (Wildman–Crippen LogP) is 0.0690. The summed E-state index contributed by atoms with van der Waals surface area (Å²) in [6.07, 6.45) is 0. The third-order valence-electron chi connectivity index (χ3n) is 2.80. The van der Waals surface area contributed by atoms with E-state index >= 15 is 0 Å². The predicted molar refractivity (Wildman–Crippen MR) is 72.1 cm³/mol. The number of hydrogen-bond donors (Lipinski definition) is 2. The molecule has 98 valence electrons. The Kier molecular flexibility index (Phi) is 11.2. The first-order chi connectivity index (χ1) is 7.70. The molecule has 0 rings (SSSR count). The summed E-state index contributed by atoms with van der Waals surface area (Å²) in [5, 5.41) is 6.80. The van der Waals surface area contributed by atoms with Gasteiger partial charge in [-0.2, -0.15) is 0 Å². The Morgan fingerprint density at radius 2 is 1.25 bits per heavy atom. The molecule has 0 amide bonds. The summed E-state index contributed by atoms with van der Waals surface area (Å²) >= 11 is 0. The molecular formula is C12H30N4. The summed E-state index contributed by atoms with van der Waals surface area (Å²) in [6.45, 7) is 13.2. The second kappa shape index (κ2) is 11.3. The van der Waals surface area contributed by atoms with Crippen molar-refractivity contribution in [3.8, 4) is 0 Å². The van der Waals surface area contributed by atoms with Gasteiger partial charge in [0, 0.05) is 39.3 Å². The topological polar surface area (TPSA) is 30.5 Å². The smallest absolute Gasteiger partial charge is 0.0104 e. The largest absolute Gasteiger partial charge is 0.316 e. The van der Waals surface area contributed by atoms with Crippen molar-refractivity contribution in [3.63, 3.8) is 0 Å². The summed E-state index contributed by atoms with van der Waals surface area (Å²) in [5.74, 6) is 0. The van der Waals surface area contributed by atoms with Crippen LogP contribution in [0.4, 0.5) is 0 Å². The van der Waals surface area contributed by atoms with Crippen molar-refractivity contribution in [2.75, 3.05) is 66.5 Å². The lowest BCUT2D eigenvalue weighted by molar-refractivity contribution is 0.316. The van der Waals surface area contributed by atoms with E-state index < -0.39 is 0 Å². The number of nitrogens with zero attached hydrogens (tertiary/aromatic N) is 2. The second-order valence-corrected chi connectivity index (χ2v) is 4.30. The van der Waals surface area contributed by atoms with E-state index in [9.17, 15) is 0 Å². The summed E-state index contributed by atoms with van der Waals surface area (Å²) in [4.78, 5) is 4.68. The molecule has 0 atom stereocenters. The molecule has 4 heteroatoms. The maximum absolute atomic E-state index is 3.47. The second-order valence-electron chi connectivity index (χ2n) is 4.30. The van der Waals surface area contributed by atoms with Crippen LogP contribution in [-0.4, -0.2) is 76.3 Å². The molecule has 0 aromatic heterocycles. The molecule has 0 bridgehead atoms. The first-order valence-electron chi connectivity index (χ1n) is 6.49. The van der Waals surface area contributed by atoms with Crippen LogP contribution in [0.1, 0.15) is 13.8 Å². The minimum Gasteiger partial charge on any atom is -0.316 e. The monoisotopic (exact) mass is 230 g/mol. The lowest BCUT2D eigenvalue weighted by atomic mass is 10.4. The highest BCUT2D eigenvalue weighted by molar-refractivity contribution is 4.58. The Hall–Kier alpha value is -0.160. The van der Waals surface area contributed by atoms with E-state index in [1.807, 2.05) is 0 Å². The molecule has 0 spiro atoms. The average molecular weight is 230 g/mol. The van der Waals surface area contributed by atoms with Crippen LogP contribution in [0.15, 0.2) is 0 Å². The molecule has 0 aromatic carbocycles. The van der Waals surface area contributed by atoms with Gasteiger partial charge in [-0.1, -0.05) is 13.8 Å². The number of nitrogens with one attached hydrogen (secondary N) is 2. The van der Waals surface area contributed by atoms with E-state index in [2.05, 4.69) is 48.4 Å². The van der Waals surface area contributed by atoms with Gasteiger partial charge in [0.05, 0.1) is 0 Å². The Morgan fingerprint density at radius 3 is 1.75 bits per heavy atom. The molecule has 4 nitrogen and oxygen atoms in total. The molecule has 0 aliphatic rings. The zero-order valence-corrected chi connectivity index (χ0v) is 11.6. The normalized spacial score (nSPS) is 11.6. The van der Waals surface area contributed by atoms with Crippen LogP contribution < -0.4 is 10.6 Å². The zero-order chi connectivity index (χ0) is 12.2. The van der Waals surface area contributed by atoms with Crippen LogP contribution in [-0.2, 0) is 0 Å². The van der Waals surface area contributed by atoms with E-state index in [1.54, 1.807) is 0 Å². The Labute approximate surface area is 101 Å². The maximum Gasteiger partial charge on any atom is 0.0104 e. The molecule has 0 saturated carbocycles. The fourth-order valence-corrected chi connectivity index (χ4v) is 1.38. The van der Waals surface area contributed by atoms with E-state index in [0.717, 1.165) is 52.4 Å². The molecule has 0 aliphatic carbocycles. The van der Waals surface area contributed by atoms with Crippen molar-refractivity contribution in [1.29, 1.82) is 0 Å². The van der Waals surface area contributed by atoms with Gasteiger partial charge in [-0.05, 0) is 27.2 Å². The van der Waals surface area contributed by atoms with Gasteiger partial charge in [-0.15, -0.1) is 0 Å². The zero-order valence-electron chi connectivity index (χ0n) is 11.6. The van der Waals surface area contributed by atoms with Crippen molar-refractivity contribution < 1.29 is 0 Å². The van der Waals surface area contributed by atoms with Gasteiger partial charge in [-0.3, -0.25) is 0 Å². The average Bonchev–Trinajstić information content (AvgIpc) is 2.28. The summed E-state index contributed by atoms with van der Waals surface area (Å²) < 4.78 is 0. The van der Waals surface area contributed by atoms with Crippen LogP contribution in [0, 0.1) is 0 Å².